The number of aliphatic carboxylic acids is 1. The Morgan fingerprint density at radius 1 is 1.00 bits per heavy atom. The van der Waals surface area contributed by atoms with Crippen LogP contribution in [0.15, 0.2) is 30.3 Å². The van der Waals surface area contributed by atoms with Crippen LogP contribution in [0.1, 0.15) is 36.0 Å². The lowest BCUT2D eigenvalue weighted by Gasteiger charge is -2.18. The van der Waals surface area contributed by atoms with Crippen molar-refractivity contribution in [3.63, 3.8) is 0 Å². The molecule has 1 heterocycles. The molecule has 1 N–H and O–H groups in total. The second kappa shape index (κ2) is 9.14. The lowest BCUT2D eigenvalue weighted by molar-refractivity contribution is -0.192. The van der Waals surface area contributed by atoms with Crippen LogP contribution < -0.4 is 0 Å². The van der Waals surface area contributed by atoms with Gasteiger partial charge in [0.25, 0.3) is 0 Å². The van der Waals surface area contributed by atoms with E-state index >= 15 is 0 Å². The third-order valence-electron chi connectivity index (χ3n) is 3.03. The fourth-order valence-corrected chi connectivity index (χ4v) is 1.88. The average Bonchev–Trinajstić information content (AvgIpc) is 2.76. The molecule has 0 unspecified atom stereocenters. The smallest absolute Gasteiger partial charge is 0.475 e. The van der Waals surface area contributed by atoms with Crippen LogP contribution >= 0.6 is 0 Å². The third-order valence-corrected chi connectivity index (χ3v) is 3.03. The summed E-state index contributed by atoms with van der Waals surface area (Å²) in [5, 5.41) is 8.92. The molecule has 0 saturated carbocycles. The Bertz CT molecular complexity index is 497. The second-order valence-corrected chi connectivity index (χ2v) is 4.89. The number of rotatable bonds is 2. The van der Waals surface area contributed by atoms with Crippen LogP contribution in [-0.4, -0.2) is 41.4 Å². The molecule has 0 atom stereocenters. The van der Waals surface area contributed by atoms with E-state index < -0.39 is 12.1 Å². The number of carboxylic acids is 1. The minimum Gasteiger partial charge on any atom is -0.475 e. The summed E-state index contributed by atoms with van der Waals surface area (Å²) >= 11 is 0. The van der Waals surface area contributed by atoms with Crippen molar-refractivity contribution in [1.82, 2.24) is 5.06 Å². The molecule has 1 fully saturated rings. The number of nitrogens with zero attached hydrogens (tertiary/aromatic N) is 1. The van der Waals surface area contributed by atoms with Gasteiger partial charge in [-0.1, -0.05) is 31.0 Å². The van der Waals surface area contributed by atoms with Gasteiger partial charge in [0.15, 0.2) is 0 Å². The van der Waals surface area contributed by atoms with Crippen LogP contribution in [0.5, 0.6) is 0 Å². The highest BCUT2D eigenvalue weighted by atomic mass is 19.4. The SMILES string of the molecule is O=C(O)C(F)(F)F.O=C(ON1CCCCCC1)c1ccccc1. The third kappa shape index (κ3) is 7.64. The van der Waals surface area contributed by atoms with Gasteiger partial charge in [-0.3, -0.25) is 0 Å². The van der Waals surface area contributed by atoms with E-state index in [2.05, 4.69) is 0 Å². The first-order chi connectivity index (χ1) is 10.8. The van der Waals surface area contributed by atoms with Gasteiger partial charge < -0.3 is 9.94 Å². The van der Waals surface area contributed by atoms with Crippen molar-refractivity contribution in [2.75, 3.05) is 13.1 Å². The highest BCUT2D eigenvalue weighted by Gasteiger charge is 2.38. The summed E-state index contributed by atoms with van der Waals surface area (Å²) in [5.74, 6) is -3.00. The fourth-order valence-electron chi connectivity index (χ4n) is 1.88. The zero-order chi connectivity index (χ0) is 17.3. The number of carboxylic acid groups (broad SMARTS) is 1. The minimum absolute atomic E-state index is 0.248. The van der Waals surface area contributed by atoms with Crippen molar-refractivity contribution < 1.29 is 32.7 Å². The summed E-state index contributed by atoms with van der Waals surface area (Å²) in [6, 6.07) is 9.14. The highest BCUT2D eigenvalue weighted by Crippen LogP contribution is 2.13. The van der Waals surface area contributed by atoms with E-state index in [0.29, 0.717) is 5.56 Å². The molecule has 5 nitrogen and oxygen atoms in total. The van der Waals surface area contributed by atoms with E-state index in [0.717, 1.165) is 25.9 Å². The van der Waals surface area contributed by atoms with Crippen molar-refractivity contribution >= 4 is 11.9 Å². The van der Waals surface area contributed by atoms with E-state index in [1.807, 2.05) is 18.2 Å². The summed E-state index contributed by atoms with van der Waals surface area (Å²) in [6.07, 6.45) is -0.386. The molecule has 0 radical (unpaired) electrons. The maximum Gasteiger partial charge on any atom is 0.490 e. The molecular weight excluding hydrogens is 315 g/mol. The van der Waals surface area contributed by atoms with E-state index in [1.165, 1.54) is 12.8 Å². The molecular formula is C15H18F3NO4. The van der Waals surface area contributed by atoms with Gasteiger partial charge >= 0.3 is 18.1 Å². The van der Waals surface area contributed by atoms with E-state index in [9.17, 15) is 18.0 Å². The number of hydrogen-bond donors (Lipinski definition) is 1. The molecule has 0 aliphatic carbocycles. The first kappa shape index (κ1) is 19.0. The summed E-state index contributed by atoms with van der Waals surface area (Å²) in [7, 11) is 0. The maximum atomic E-state index is 11.8. The van der Waals surface area contributed by atoms with Gasteiger partial charge in [-0.15, -0.1) is 5.06 Å². The summed E-state index contributed by atoms with van der Waals surface area (Å²) in [4.78, 5) is 26.0. The molecule has 1 saturated heterocycles. The monoisotopic (exact) mass is 333 g/mol. The number of carbonyl (C=O) groups is 2. The van der Waals surface area contributed by atoms with Gasteiger partial charge in [-0.05, 0) is 25.0 Å². The Balaban J connectivity index is 0.000000322. The Hall–Kier alpha value is -2.09. The number of carbonyl (C=O) groups excluding carboxylic acids is 1. The second-order valence-electron chi connectivity index (χ2n) is 4.89. The molecule has 128 valence electrons. The van der Waals surface area contributed by atoms with Gasteiger partial charge in [0, 0.05) is 13.1 Å². The Morgan fingerprint density at radius 2 is 1.48 bits per heavy atom. The Labute approximate surface area is 131 Å². The number of benzene rings is 1. The van der Waals surface area contributed by atoms with Crippen LogP contribution in [0.2, 0.25) is 0 Å². The zero-order valence-corrected chi connectivity index (χ0v) is 12.4. The summed E-state index contributed by atoms with van der Waals surface area (Å²) in [5.41, 5.74) is 0.617. The van der Waals surface area contributed by atoms with Crippen molar-refractivity contribution in [3.05, 3.63) is 35.9 Å². The molecule has 23 heavy (non-hydrogen) atoms. The predicted molar refractivity (Wildman–Crippen MR) is 75.6 cm³/mol. The Kier molecular flexibility index (Phi) is 7.53. The quantitative estimate of drug-likeness (QED) is 0.900. The molecule has 8 heteroatoms. The predicted octanol–water partition coefficient (Wildman–Crippen LogP) is 3.27. The van der Waals surface area contributed by atoms with Crippen molar-refractivity contribution in [3.8, 4) is 0 Å². The summed E-state index contributed by atoms with van der Waals surface area (Å²) < 4.78 is 31.7. The first-order valence-corrected chi connectivity index (χ1v) is 7.13. The molecule has 1 aliphatic heterocycles. The summed E-state index contributed by atoms with van der Waals surface area (Å²) in [6.45, 7) is 1.72. The molecule has 1 aliphatic rings. The lowest BCUT2D eigenvalue weighted by atomic mass is 10.2. The van der Waals surface area contributed by atoms with Crippen molar-refractivity contribution in [2.45, 2.75) is 31.9 Å². The standard InChI is InChI=1S/C13H17NO2.C2HF3O2/c15-13(12-8-4-3-5-9-12)16-14-10-6-1-2-7-11-14;3-2(4,5)1(6)7/h3-5,8-9H,1-2,6-7,10-11H2;(H,6,7). The molecule has 0 spiro atoms. The number of hydroxylamine groups is 2. The van der Waals surface area contributed by atoms with Gasteiger partial charge in [0.2, 0.25) is 0 Å². The topological polar surface area (TPSA) is 66.8 Å². The maximum absolute atomic E-state index is 11.8. The van der Waals surface area contributed by atoms with Crippen LogP contribution in [0.3, 0.4) is 0 Å². The molecule has 0 amide bonds. The Morgan fingerprint density at radius 3 is 1.91 bits per heavy atom. The van der Waals surface area contributed by atoms with Gasteiger partial charge in [-0.25, -0.2) is 9.59 Å². The largest absolute Gasteiger partial charge is 0.490 e. The van der Waals surface area contributed by atoms with Crippen LogP contribution in [0.25, 0.3) is 0 Å². The highest BCUT2D eigenvalue weighted by molar-refractivity contribution is 5.89. The average molecular weight is 333 g/mol. The molecule has 1 aromatic carbocycles. The van der Waals surface area contributed by atoms with Gasteiger partial charge in [-0.2, -0.15) is 13.2 Å². The minimum atomic E-state index is -5.08. The number of halogens is 3. The van der Waals surface area contributed by atoms with E-state index in [4.69, 9.17) is 14.7 Å². The molecule has 1 aromatic rings. The molecule has 0 aromatic heterocycles. The van der Waals surface area contributed by atoms with Crippen LogP contribution in [0, 0.1) is 0 Å². The lowest BCUT2D eigenvalue weighted by Crippen LogP contribution is -2.28. The zero-order valence-electron chi connectivity index (χ0n) is 12.4. The fraction of sp³-hybridized carbons (Fsp3) is 0.467. The van der Waals surface area contributed by atoms with Crippen molar-refractivity contribution in [2.24, 2.45) is 0 Å². The van der Waals surface area contributed by atoms with Crippen LogP contribution in [0.4, 0.5) is 13.2 Å². The molecule has 2 rings (SSSR count). The van der Waals surface area contributed by atoms with E-state index in [-0.39, 0.29) is 5.97 Å². The first-order valence-electron chi connectivity index (χ1n) is 7.13. The van der Waals surface area contributed by atoms with Crippen LogP contribution in [-0.2, 0) is 9.63 Å². The normalized spacial score (nSPS) is 15.8. The number of alkyl halides is 3. The number of hydrogen-bond acceptors (Lipinski definition) is 4. The van der Waals surface area contributed by atoms with Gasteiger partial charge in [0.05, 0.1) is 5.56 Å². The van der Waals surface area contributed by atoms with E-state index in [1.54, 1.807) is 17.2 Å². The van der Waals surface area contributed by atoms with Gasteiger partial charge in [0.1, 0.15) is 0 Å². The van der Waals surface area contributed by atoms with Crippen molar-refractivity contribution in [1.29, 1.82) is 0 Å². The molecule has 0 bridgehead atoms.